The van der Waals surface area contributed by atoms with E-state index < -0.39 is 0 Å². The van der Waals surface area contributed by atoms with Gasteiger partial charge < -0.3 is 15.4 Å². The fourth-order valence-corrected chi connectivity index (χ4v) is 2.30. The summed E-state index contributed by atoms with van der Waals surface area (Å²) in [7, 11) is 3.60. The number of aromatic nitrogens is 4. The Labute approximate surface area is 105 Å². The monoisotopic (exact) mass is 248 g/mol. The van der Waals surface area contributed by atoms with Crippen LogP contribution in [0.2, 0.25) is 0 Å². The van der Waals surface area contributed by atoms with E-state index >= 15 is 0 Å². The van der Waals surface area contributed by atoms with E-state index in [0.717, 1.165) is 29.9 Å². The standard InChI is InChI=1S/C11H16N6O/c1-17-11-7(3-15-17)10(13-6-14-11)16-8-4-12-5-9(8)18-2/h3,6,8-9,12H,4-5H2,1-2H3,(H,13,14,16)/t8?,9-/m1/s1. The van der Waals surface area contributed by atoms with Crippen LogP contribution in [0.25, 0.3) is 11.0 Å². The first-order chi connectivity index (χ1) is 8.79. The van der Waals surface area contributed by atoms with Gasteiger partial charge in [0.2, 0.25) is 0 Å². The Balaban J connectivity index is 1.90. The number of hydrogen-bond acceptors (Lipinski definition) is 6. The summed E-state index contributed by atoms with van der Waals surface area (Å²) < 4.78 is 7.16. The highest BCUT2D eigenvalue weighted by atomic mass is 16.5. The average molecular weight is 248 g/mol. The normalized spacial score (nSPS) is 23.7. The van der Waals surface area contributed by atoms with Crippen LogP contribution in [0.1, 0.15) is 0 Å². The molecule has 1 aliphatic rings. The third-order valence-electron chi connectivity index (χ3n) is 3.31. The van der Waals surface area contributed by atoms with E-state index in [-0.39, 0.29) is 12.1 Å². The van der Waals surface area contributed by atoms with Gasteiger partial charge in [0.05, 0.1) is 23.7 Å². The van der Waals surface area contributed by atoms with Crippen LogP contribution in [0.5, 0.6) is 0 Å². The predicted molar refractivity (Wildman–Crippen MR) is 67.4 cm³/mol. The van der Waals surface area contributed by atoms with Crippen molar-refractivity contribution < 1.29 is 4.74 Å². The van der Waals surface area contributed by atoms with Crippen LogP contribution in [0.15, 0.2) is 12.5 Å². The molecule has 0 aliphatic carbocycles. The van der Waals surface area contributed by atoms with Gasteiger partial charge in [0.1, 0.15) is 12.1 Å². The van der Waals surface area contributed by atoms with Crippen molar-refractivity contribution in [3.63, 3.8) is 0 Å². The number of ether oxygens (including phenoxy) is 1. The van der Waals surface area contributed by atoms with E-state index in [1.54, 1.807) is 24.3 Å². The first kappa shape index (κ1) is 11.4. The van der Waals surface area contributed by atoms with Gasteiger partial charge in [-0.1, -0.05) is 0 Å². The topological polar surface area (TPSA) is 76.9 Å². The molecule has 0 spiro atoms. The van der Waals surface area contributed by atoms with Gasteiger partial charge in [-0.05, 0) is 0 Å². The number of nitrogens with one attached hydrogen (secondary N) is 2. The summed E-state index contributed by atoms with van der Waals surface area (Å²) in [6.07, 6.45) is 3.49. The van der Waals surface area contributed by atoms with Gasteiger partial charge in [-0.25, -0.2) is 9.97 Å². The molecule has 3 heterocycles. The SMILES string of the molecule is CO[C@@H]1CNCC1Nc1ncnc2c1cnn2C. The Morgan fingerprint density at radius 2 is 2.33 bits per heavy atom. The molecule has 1 saturated heterocycles. The molecule has 2 aromatic rings. The zero-order valence-electron chi connectivity index (χ0n) is 10.4. The Morgan fingerprint density at radius 1 is 1.44 bits per heavy atom. The molecule has 2 aromatic heterocycles. The lowest BCUT2D eigenvalue weighted by Crippen LogP contribution is -2.33. The Morgan fingerprint density at radius 3 is 3.17 bits per heavy atom. The maximum Gasteiger partial charge on any atom is 0.163 e. The maximum atomic E-state index is 5.42. The smallest absolute Gasteiger partial charge is 0.163 e. The number of rotatable bonds is 3. The molecule has 18 heavy (non-hydrogen) atoms. The number of aryl methyl sites for hydroxylation is 1. The highest BCUT2D eigenvalue weighted by Gasteiger charge is 2.27. The minimum absolute atomic E-state index is 0.159. The molecule has 2 atom stereocenters. The summed E-state index contributed by atoms with van der Waals surface area (Å²) in [5.41, 5.74) is 0.826. The average Bonchev–Trinajstić information content (AvgIpc) is 2.98. The van der Waals surface area contributed by atoms with Crippen LogP contribution in [0.3, 0.4) is 0 Å². The molecule has 2 N–H and O–H groups in total. The molecule has 7 heteroatoms. The minimum atomic E-state index is 0.159. The van der Waals surface area contributed by atoms with Crippen molar-refractivity contribution in [3.05, 3.63) is 12.5 Å². The van der Waals surface area contributed by atoms with Gasteiger partial charge in [0.25, 0.3) is 0 Å². The molecule has 0 radical (unpaired) electrons. The number of fused-ring (bicyclic) bond motifs is 1. The maximum absolute atomic E-state index is 5.42. The third kappa shape index (κ3) is 1.81. The minimum Gasteiger partial charge on any atom is -0.378 e. The van der Waals surface area contributed by atoms with E-state index in [1.807, 2.05) is 7.05 Å². The quantitative estimate of drug-likeness (QED) is 0.781. The lowest BCUT2D eigenvalue weighted by atomic mass is 10.2. The Kier molecular flexibility index (Phi) is 2.85. The summed E-state index contributed by atoms with van der Waals surface area (Å²) in [6.45, 7) is 1.72. The first-order valence-electron chi connectivity index (χ1n) is 5.92. The second-order valence-corrected chi connectivity index (χ2v) is 4.41. The molecule has 3 rings (SSSR count). The Bertz CT molecular complexity index is 553. The highest BCUT2D eigenvalue weighted by Crippen LogP contribution is 2.20. The molecule has 7 nitrogen and oxygen atoms in total. The van der Waals surface area contributed by atoms with Crippen molar-refractivity contribution in [2.75, 3.05) is 25.5 Å². The number of hydrogen-bond donors (Lipinski definition) is 2. The van der Waals surface area contributed by atoms with Crippen molar-refractivity contribution in [2.24, 2.45) is 7.05 Å². The van der Waals surface area contributed by atoms with Gasteiger partial charge in [-0.2, -0.15) is 5.10 Å². The number of nitrogens with zero attached hydrogens (tertiary/aromatic N) is 4. The molecule has 96 valence electrons. The van der Waals surface area contributed by atoms with Gasteiger partial charge in [0, 0.05) is 27.2 Å². The zero-order valence-corrected chi connectivity index (χ0v) is 10.4. The summed E-state index contributed by atoms with van der Waals surface area (Å²) >= 11 is 0. The first-order valence-corrected chi connectivity index (χ1v) is 5.92. The van der Waals surface area contributed by atoms with Crippen LogP contribution in [-0.2, 0) is 11.8 Å². The van der Waals surface area contributed by atoms with Crippen molar-refractivity contribution in [3.8, 4) is 0 Å². The zero-order chi connectivity index (χ0) is 12.5. The lowest BCUT2D eigenvalue weighted by molar-refractivity contribution is 0.111. The highest BCUT2D eigenvalue weighted by molar-refractivity contribution is 5.86. The fraction of sp³-hybridized carbons (Fsp3) is 0.545. The molecule has 0 aromatic carbocycles. The van der Waals surface area contributed by atoms with Gasteiger partial charge in [-0.15, -0.1) is 0 Å². The van der Waals surface area contributed by atoms with E-state index in [1.165, 1.54) is 0 Å². The van der Waals surface area contributed by atoms with E-state index in [2.05, 4.69) is 25.7 Å². The molecule has 1 aliphatic heterocycles. The number of anilines is 1. The van der Waals surface area contributed by atoms with Crippen LogP contribution in [-0.4, -0.2) is 52.1 Å². The molecule has 1 unspecified atom stereocenters. The summed E-state index contributed by atoms with van der Waals surface area (Å²) in [4.78, 5) is 8.51. The van der Waals surface area contributed by atoms with Crippen LogP contribution in [0, 0.1) is 0 Å². The van der Waals surface area contributed by atoms with E-state index in [0.29, 0.717) is 0 Å². The van der Waals surface area contributed by atoms with E-state index in [4.69, 9.17) is 4.74 Å². The molecular weight excluding hydrogens is 232 g/mol. The van der Waals surface area contributed by atoms with Crippen molar-refractivity contribution in [2.45, 2.75) is 12.1 Å². The number of methoxy groups -OCH3 is 1. The van der Waals surface area contributed by atoms with Gasteiger partial charge in [0.15, 0.2) is 5.65 Å². The van der Waals surface area contributed by atoms with Gasteiger partial charge in [-0.3, -0.25) is 4.68 Å². The second-order valence-electron chi connectivity index (χ2n) is 4.41. The molecule has 1 fully saturated rings. The van der Waals surface area contributed by atoms with Crippen LogP contribution >= 0.6 is 0 Å². The predicted octanol–water partition coefficient (Wildman–Crippen LogP) is -0.238. The van der Waals surface area contributed by atoms with Crippen LogP contribution < -0.4 is 10.6 Å². The molecule has 0 amide bonds. The van der Waals surface area contributed by atoms with Crippen molar-refractivity contribution >= 4 is 16.9 Å². The van der Waals surface area contributed by atoms with E-state index in [9.17, 15) is 0 Å². The molecular formula is C11H16N6O. The summed E-state index contributed by atoms with van der Waals surface area (Å²) in [6, 6.07) is 0.216. The largest absolute Gasteiger partial charge is 0.378 e. The van der Waals surface area contributed by atoms with Crippen molar-refractivity contribution in [1.29, 1.82) is 0 Å². The summed E-state index contributed by atoms with van der Waals surface area (Å²) in [5, 5.41) is 11.8. The molecule has 0 bridgehead atoms. The molecule has 0 saturated carbocycles. The Hall–Kier alpha value is -1.73. The van der Waals surface area contributed by atoms with Crippen LogP contribution in [0.4, 0.5) is 5.82 Å². The third-order valence-corrected chi connectivity index (χ3v) is 3.31. The van der Waals surface area contributed by atoms with Crippen molar-refractivity contribution in [1.82, 2.24) is 25.1 Å². The lowest BCUT2D eigenvalue weighted by Gasteiger charge is -2.19. The van der Waals surface area contributed by atoms with Gasteiger partial charge >= 0.3 is 0 Å². The fourth-order valence-electron chi connectivity index (χ4n) is 2.30. The second kappa shape index (κ2) is 4.51. The summed E-state index contributed by atoms with van der Waals surface area (Å²) in [5.74, 6) is 0.809.